The van der Waals surface area contributed by atoms with E-state index in [9.17, 15) is 24.5 Å². The fourth-order valence-corrected chi connectivity index (χ4v) is 4.14. The minimum atomic E-state index is -0.824. The number of nitro benzene ring substituents is 1. The van der Waals surface area contributed by atoms with Gasteiger partial charge in [-0.2, -0.15) is 0 Å². The van der Waals surface area contributed by atoms with Crippen molar-refractivity contribution in [2.75, 3.05) is 32.2 Å². The van der Waals surface area contributed by atoms with E-state index in [0.717, 1.165) is 6.07 Å². The van der Waals surface area contributed by atoms with Crippen LogP contribution in [0.2, 0.25) is 5.02 Å². The topological polar surface area (TPSA) is 140 Å². The molecule has 196 valence electrons. The molecule has 1 unspecified atom stereocenters. The number of carbonyl (C=O) groups excluding carboxylic acids is 3. The standard InChI is InChI=1S/C25H27ClN4O7/c1-4-10-29-15(2)21(24(32)37-12-11-36-3)22(28-25(29)33)16-6-5-7-17(13-16)27-23(31)19-9-8-18(30(34)35)14-20(19)26/h5-9,13-14,22H,4,10-12H2,1-3H3,(H,27,31)(H,28,33). The summed E-state index contributed by atoms with van der Waals surface area (Å²) in [5.41, 5.74) is 1.47. The van der Waals surface area contributed by atoms with Crippen LogP contribution >= 0.6 is 11.6 Å². The average Bonchev–Trinajstić information content (AvgIpc) is 2.86. The van der Waals surface area contributed by atoms with Gasteiger partial charge in [0.15, 0.2) is 0 Å². The Balaban J connectivity index is 1.91. The van der Waals surface area contributed by atoms with E-state index in [-0.39, 0.29) is 41.1 Å². The van der Waals surface area contributed by atoms with E-state index in [0.29, 0.717) is 29.9 Å². The van der Waals surface area contributed by atoms with Gasteiger partial charge < -0.3 is 20.1 Å². The van der Waals surface area contributed by atoms with Crippen LogP contribution in [0.15, 0.2) is 53.7 Å². The lowest BCUT2D eigenvalue weighted by Crippen LogP contribution is -2.48. The first-order chi connectivity index (χ1) is 17.7. The number of rotatable bonds is 10. The van der Waals surface area contributed by atoms with Crippen LogP contribution < -0.4 is 10.6 Å². The van der Waals surface area contributed by atoms with E-state index in [1.165, 1.54) is 24.1 Å². The van der Waals surface area contributed by atoms with Crippen LogP contribution in [0, 0.1) is 10.1 Å². The van der Waals surface area contributed by atoms with Crippen molar-refractivity contribution in [2.45, 2.75) is 26.3 Å². The summed E-state index contributed by atoms with van der Waals surface area (Å²) in [4.78, 5) is 50.5. The van der Waals surface area contributed by atoms with Crippen molar-refractivity contribution >= 4 is 40.9 Å². The number of hydrogen-bond acceptors (Lipinski definition) is 7. The summed E-state index contributed by atoms with van der Waals surface area (Å²) >= 11 is 6.08. The Morgan fingerprint density at radius 3 is 2.62 bits per heavy atom. The third-order valence-corrected chi connectivity index (χ3v) is 5.98. The minimum absolute atomic E-state index is 0.0483. The molecule has 0 saturated carbocycles. The maximum absolute atomic E-state index is 13.0. The third-order valence-electron chi connectivity index (χ3n) is 5.67. The van der Waals surface area contributed by atoms with Crippen LogP contribution in [0.3, 0.4) is 0 Å². The van der Waals surface area contributed by atoms with E-state index < -0.39 is 22.8 Å². The van der Waals surface area contributed by atoms with Gasteiger partial charge in [-0.1, -0.05) is 30.7 Å². The number of benzene rings is 2. The number of methoxy groups -OCH3 is 1. The molecule has 2 aromatic carbocycles. The summed E-state index contributed by atoms with van der Waals surface area (Å²) in [5, 5.41) is 16.4. The Morgan fingerprint density at radius 2 is 1.97 bits per heavy atom. The van der Waals surface area contributed by atoms with Crippen molar-refractivity contribution in [1.82, 2.24) is 10.2 Å². The van der Waals surface area contributed by atoms with Crippen LogP contribution in [0.25, 0.3) is 0 Å². The highest BCUT2D eigenvalue weighted by Gasteiger charge is 2.36. The first-order valence-corrected chi connectivity index (χ1v) is 11.9. The predicted octanol–water partition coefficient (Wildman–Crippen LogP) is 4.44. The monoisotopic (exact) mass is 530 g/mol. The molecule has 0 aliphatic carbocycles. The summed E-state index contributed by atoms with van der Waals surface area (Å²) in [6, 6.07) is 8.99. The molecule has 0 spiro atoms. The molecule has 0 saturated heterocycles. The predicted molar refractivity (Wildman–Crippen MR) is 136 cm³/mol. The Morgan fingerprint density at radius 1 is 1.22 bits per heavy atom. The summed E-state index contributed by atoms with van der Waals surface area (Å²) in [5.74, 6) is -1.17. The van der Waals surface area contributed by atoms with Gasteiger partial charge in [0.1, 0.15) is 6.61 Å². The molecule has 3 rings (SSSR count). The van der Waals surface area contributed by atoms with Crippen molar-refractivity contribution < 1.29 is 28.8 Å². The van der Waals surface area contributed by atoms with Crippen LogP contribution in [0.4, 0.5) is 16.2 Å². The van der Waals surface area contributed by atoms with Gasteiger partial charge in [-0.15, -0.1) is 0 Å². The number of nitro groups is 1. The molecule has 1 atom stereocenters. The van der Waals surface area contributed by atoms with E-state index in [4.69, 9.17) is 21.1 Å². The van der Waals surface area contributed by atoms with Crippen LogP contribution in [0.5, 0.6) is 0 Å². The average molecular weight is 531 g/mol. The van der Waals surface area contributed by atoms with Gasteiger partial charge >= 0.3 is 12.0 Å². The molecule has 2 N–H and O–H groups in total. The second-order valence-corrected chi connectivity index (χ2v) is 8.57. The fourth-order valence-electron chi connectivity index (χ4n) is 3.88. The highest BCUT2D eigenvalue weighted by atomic mass is 35.5. The molecule has 2 aromatic rings. The van der Waals surface area contributed by atoms with E-state index in [1.54, 1.807) is 31.2 Å². The number of non-ortho nitro benzene ring substituents is 1. The number of nitrogens with zero attached hydrogens (tertiary/aromatic N) is 2. The quantitative estimate of drug-likeness (QED) is 0.200. The molecule has 3 amide bonds. The number of amides is 3. The number of halogens is 1. The molecule has 1 aliphatic heterocycles. The van der Waals surface area contributed by atoms with Gasteiger partial charge in [0.05, 0.1) is 33.7 Å². The second-order valence-electron chi connectivity index (χ2n) is 8.16. The van der Waals surface area contributed by atoms with Crippen LogP contribution in [-0.2, 0) is 14.3 Å². The summed E-state index contributed by atoms with van der Waals surface area (Å²) in [6.07, 6.45) is 0.689. The Bertz CT molecular complexity index is 1250. The highest BCUT2D eigenvalue weighted by Crippen LogP contribution is 2.33. The number of urea groups is 1. The normalized spacial score (nSPS) is 15.3. The molecule has 0 aromatic heterocycles. The van der Waals surface area contributed by atoms with Gasteiger partial charge in [0.25, 0.3) is 11.6 Å². The van der Waals surface area contributed by atoms with E-state index in [1.807, 2.05) is 6.92 Å². The maximum atomic E-state index is 13.0. The lowest BCUT2D eigenvalue weighted by Gasteiger charge is -2.35. The van der Waals surface area contributed by atoms with Gasteiger partial charge in [0.2, 0.25) is 0 Å². The summed E-state index contributed by atoms with van der Waals surface area (Å²) in [6.45, 7) is 4.31. The number of esters is 1. The zero-order valence-electron chi connectivity index (χ0n) is 20.6. The van der Waals surface area contributed by atoms with Crippen molar-refractivity contribution in [3.63, 3.8) is 0 Å². The molecule has 1 aliphatic rings. The van der Waals surface area contributed by atoms with Crippen molar-refractivity contribution in [3.8, 4) is 0 Å². The molecular weight excluding hydrogens is 504 g/mol. The number of carbonyl (C=O) groups is 3. The highest BCUT2D eigenvalue weighted by molar-refractivity contribution is 6.34. The number of ether oxygens (including phenoxy) is 2. The molecule has 0 bridgehead atoms. The smallest absolute Gasteiger partial charge is 0.338 e. The minimum Gasteiger partial charge on any atom is -0.460 e. The Labute approximate surface area is 218 Å². The molecular formula is C25H27ClN4O7. The van der Waals surface area contributed by atoms with E-state index in [2.05, 4.69) is 10.6 Å². The molecule has 11 nitrogen and oxygen atoms in total. The molecule has 37 heavy (non-hydrogen) atoms. The van der Waals surface area contributed by atoms with Crippen molar-refractivity contribution in [2.24, 2.45) is 0 Å². The zero-order valence-corrected chi connectivity index (χ0v) is 21.3. The van der Waals surface area contributed by atoms with Crippen LogP contribution in [-0.4, -0.2) is 54.6 Å². The third kappa shape index (κ3) is 6.43. The first-order valence-electron chi connectivity index (χ1n) is 11.5. The van der Waals surface area contributed by atoms with Gasteiger partial charge in [-0.3, -0.25) is 19.8 Å². The van der Waals surface area contributed by atoms with Crippen molar-refractivity contribution in [3.05, 3.63) is 80.0 Å². The molecule has 1 heterocycles. The van der Waals surface area contributed by atoms with Gasteiger partial charge in [-0.25, -0.2) is 9.59 Å². The largest absolute Gasteiger partial charge is 0.460 e. The van der Waals surface area contributed by atoms with Gasteiger partial charge in [-0.05, 0) is 37.1 Å². The summed E-state index contributed by atoms with van der Waals surface area (Å²) < 4.78 is 10.3. The molecule has 12 heteroatoms. The Hall–Kier alpha value is -3.96. The fraction of sp³-hybridized carbons (Fsp3) is 0.320. The first kappa shape index (κ1) is 27.6. The number of hydrogen-bond donors (Lipinski definition) is 2. The lowest BCUT2D eigenvalue weighted by molar-refractivity contribution is -0.384. The number of anilines is 1. The molecule has 0 radical (unpaired) electrons. The zero-order chi connectivity index (χ0) is 27.1. The van der Waals surface area contributed by atoms with E-state index >= 15 is 0 Å². The van der Waals surface area contributed by atoms with Gasteiger partial charge in [0, 0.05) is 37.2 Å². The number of nitrogens with one attached hydrogen (secondary N) is 2. The second kappa shape index (κ2) is 12.3. The maximum Gasteiger partial charge on any atom is 0.338 e. The SMILES string of the molecule is CCCN1C(=O)NC(c2cccc(NC(=O)c3ccc([N+](=O)[O-])cc3Cl)c2)C(C(=O)OCCOC)=C1C. The molecule has 0 fully saturated rings. The number of allylic oxidation sites excluding steroid dienone is 1. The Kier molecular flexibility index (Phi) is 9.20. The summed E-state index contributed by atoms with van der Waals surface area (Å²) in [7, 11) is 1.49. The lowest BCUT2D eigenvalue weighted by atomic mass is 9.94. The van der Waals surface area contributed by atoms with Crippen molar-refractivity contribution in [1.29, 1.82) is 0 Å². The van der Waals surface area contributed by atoms with Crippen LogP contribution in [0.1, 0.15) is 42.2 Å².